The maximum atomic E-state index is 5.16. The highest BCUT2D eigenvalue weighted by Gasteiger charge is 2.25. The monoisotopic (exact) mass is 692 g/mol. The minimum Gasteiger partial charge on any atom is -0.362 e. The maximum Gasteiger partial charge on any atom is 0.164 e. The lowest BCUT2D eigenvalue weighted by molar-refractivity contribution is 1.07. The minimum absolute atomic E-state index is 0.658. The SMILES string of the molecule is C(/C=C/Nc1ccccc1)=c1\cccc\c1=C\c1ccc(-c2cc3c(c(-c4nc(-c5ccccc5)nc(-c5ccccc5)n4)c2)-c2ccccc2C3)cc1. The van der Waals surface area contributed by atoms with Crippen molar-refractivity contribution in [2.75, 3.05) is 5.32 Å². The van der Waals surface area contributed by atoms with E-state index in [0.29, 0.717) is 17.5 Å². The first-order valence-electron chi connectivity index (χ1n) is 18.2. The summed E-state index contributed by atoms with van der Waals surface area (Å²) in [6.45, 7) is 0. The third-order valence-corrected chi connectivity index (χ3v) is 9.79. The van der Waals surface area contributed by atoms with Crippen LogP contribution < -0.4 is 15.8 Å². The van der Waals surface area contributed by atoms with Gasteiger partial charge in [-0.2, -0.15) is 0 Å². The van der Waals surface area contributed by atoms with Gasteiger partial charge in [0.2, 0.25) is 0 Å². The van der Waals surface area contributed by atoms with Gasteiger partial charge in [-0.15, -0.1) is 0 Å². The molecule has 0 atom stereocenters. The Morgan fingerprint density at radius 3 is 1.74 bits per heavy atom. The molecule has 7 aromatic carbocycles. The van der Waals surface area contributed by atoms with Gasteiger partial charge in [0.15, 0.2) is 17.5 Å². The summed E-state index contributed by atoms with van der Waals surface area (Å²) in [5.74, 6) is 1.99. The fourth-order valence-electron chi connectivity index (χ4n) is 7.13. The molecule has 0 radical (unpaired) electrons. The van der Waals surface area contributed by atoms with E-state index in [0.717, 1.165) is 55.9 Å². The number of hydrogen-bond donors (Lipinski definition) is 1. The van der Waals surface area contributed by atoms with E-state index in [1.54, 1.807) is 0 Å². The predicted octanol–water partition coefficient (Wildman–Crippen LogP) is 10.3. The average Bonchev–Trinajstić information content (AvgIpc) is 3.62. The first-order valence-corrected chi connectivity index (χ1v) is 18.2. The van der Waals surface area contributed by atoms with Crippen molar-refractivity contribution in [3.8, 4) is 56.4 Å². The van der Waals surface area contributed by atoms with Crippen LogP contribution in [0.25, 0.3) is 68.6 Å². The minimum atomic E-state index is 0.658. The van der Waals surface area contributed by atoms with Crippen LogP contribution in [0.2, 0.25) is 0 Å². The second kappa shape index (κ2) is 14.8. The van der Waals surface area contributed by atoms with Gasteiger partial charge in [0, 0.05) is 28.6 Å². The van der Waals surface area contributed by atoms with E-state index in [1.807, 2.05) is 66.9 Å². The van der Waals surface area contributed by atoms with Crippen molar-refractivity contribution in [1.29, 1.82) is 0 Å². The quantitative estimate of drug-likeness (QED) is 0.172. The standard InChI is InChI=1S/C50H36N4/c1-4-16-38(17-5-1)48-52-49(39-18-6-2-7-19-39)54-50(53-48)46-34-42(33-43-32-41-21-12-13-25-45(41)47(43)46)37-28-26-35(27-29-37)31-40-20-11-10-15-36(40)22-14-30-51-44-23-8-3-9-24-44/h1-31,33-34,51H,32H2/b30-14+,36-22-,40-31-. The van der Waals surface area contributed by atoms with E-state index in [9.17, 15) is 0 Å². The Labute approximate surface area is 315 Å². The molecule has 0 bridgehead atoms. The number of benzene rings is 7. The number of aromatic nitrogens is 3. The van der Waals surface area contributed by atoms with Gasteiger partial charge in [-0.25, -0.2) is 15.0 Å². The summed E-state index contributed by atoms with van der Waals surface area (Å²) in [7, 11) is 0. The molecule has 54 heavy (non-hydrogen) atoms. The maximum absolute atomic E-state index is 5.16. The van der Waals surface area contributed by atoms with E-state index in [1.165, 1.54) is 22.3 Å². The Hall–Kier alpha value is -7.17. The predicted molar refractivity (Wildman–Crippen MR) is 223 cm³/mol. The van der Waals surface area contributed by atoms with Crippen LogP contribution in [0.3, 0.4) is 0 Å². The fourth-order valence-corrected chi connectivity index (χ4v) is 7.13. The summed E-state index contributed by atoms with van der Waals surface area (Å²) < 4.78 is 0. The summed E-state index contributed by atoms with van der Waals surface area (Å²) in [4.78, 5) is 15.3. The van der Waals surface area contributed by atoms with Crippen LogP contribution >= 0.6 is 0 Å². The van der Waals surface area contributed by atoms with Crippen LogP contribution in [0, 0.1) is 0 Å². The van der Waals surface area contributed by atoms with Crippen LogP contribution in [-0.2, 0) is 6.42 Å². The van der Waals surface area contributed by atoms with E-state index < -0.39 is 0 Å². The van der Waals surface area contributed by atoms with Crippen molar-refractivity contribution >= 4 is 17.8 Å². The lowest BCUT2D eigenvalue weighted by Crippen LogP contribution is -2.23. The molecule has 4 nitrogen and oxygen atoms in total. The van der Waals surface area contributed by atoms with Gasteiger partial charge in [0.25, 0.3) is 0 Å². The summed E-state index contributed by atoms with van der Waals surface area (Å²) in [5.41, 5.74) is 12.4. The third kappa shape index (κ3) is 6.89. The number of nitrogens with one attached hydrogen (secondary N) is 1. The van der Waals surface area contributed by atoms with Crippen LogP contribution in [0.15, 0.2) is 188 Å². The fraction of sp³-hybridized carbons (Fsp3) is 0.0200. The zero-order valence-corrected chi connectivity index (χ0v) is 29.6. The van der Waals surface area contributed by atoms with E-state index >= 15 is 0 Å². The van der Waals surface area contributed by atoms with Crippen LogP contribution in [0.4, 0.5) is 5.69 Å². The number of para-hydroxylation sites is 1. The molecule has 4 heteroatoms. The van der Waals surface area contributed by atoms with E-state index in [2.05, 4.69) is 139 Å². The average molecular weight is 693 g/mol. The summed E-state index contributed by atoms with van der Waals surface area (Å²) in [6.07, 6.45) is 9.24. The molecule has 0 aliphatic heterocycles. The van der Waals surface area contributed by atoms with Crippen LogP contribution in [0.1, 0.15) is 16.7 Å². The molecule has 8 aromatic rings. The van der Waals surface area contributed by atoms with Crippen LogP contribution in [-0.4, -0.2) is 15.0 Å². The second-order valence-electron chi connectivity index (χ2n) is 13.4. The smallest absolute Gasteiger partial charge is 0.164 e. The molecule has 1 aromatic heterocycles. The number of allylic oxidation sites excluding steroid dienone is 1. The molecule has 256 valence electrons. The summed E-state index contributed by atoms with van der Waals surface area (Å²) in [6, 6.07) is 61.1. The second-order valence-corrected chi connectivity index (χ2v) is 13.4. The Bertz CT molecular complexity index is 2680. The molecule has 0 fully saturated rings. The van der Waals surface area contributed by atoms with Crippen molar-refractivity contribution in [3.63, 3.8) is 0 Å². The first kappa shape index (κ1) is 32.7. The van der Waals surface area contributed by atoms with Crippen molar-refractivity contribution in [3.05, 3.63) is 215 Å². The molecule has 0 saturated carbocycles. The van der Waals surface area contributed by atoms with Gasteiger partial charge in [-0.05, 0) is 86.2 Å². The Balaban J connectivity index is 1.11. The van der Waals surface area contributed by atoms with Gasteiger partial charge in [-0.3, -0.25) is 0 Å². The van der Waals surface area contributed by atoms with Gasteiger partial charge in [0.1, 0.15) is 0 Å². The van der Waals surface area contributed by atoms with Crippen molar-refractivity contribution in [1.82, 2.24) is 15.0 Å². The van der Waals surface area contributed by atoms with Crippen molar-refractivity contribution in [2.24, 2.45) is 0 Å². The van der Waals surface area contributed by atoms with Gasteiger partial charge < -0.3 is 5.32 Å². The lowest BCUT2D eigenvalue weighted by atomic mass is 9.93. The number of rotatable bonds is 8. The highest BCUT2D eigenvalue weighted by atomic mass is 15.0. The molecule has 9 rings (SSSR count). The normalized spacial score (nSPS) is 12.5. The van der Waals surface area contributed by atoms with E-state index in [-0.39, 0.29) is 0 Å². The number of anilines is 1. The highest BCUT2D eigenvalue weighted by Crippen LogP contribution is 2.45. The molecule has 0 spiro atoms. The molecule has 0 amide bonds. The molecule has 1 aliphatic rings. The zero-order chi connectivity index (χ0) is 36.1. The first-order chi connectivity index (χ1) is 26.7. The van der Waals surface area contributed by atoms with E-state index in [4.69, 9.17) is 15.0 Å². The van der Waals surface area contributed by atoms with Crippen molar-refractivity contribution in [2.45, 2.75) is 6.42 Å². The van der Waals surface area contributed by atoms with Gasteiger partial charge >= 0.3 is 0 Å². The number of fused-ring (bicyclic) bond motifs is 3. The number of nitrogens with zero attached hydrogens (tertiary/aromatic N) is 3. The zero-order valence-electron chi connectivity index (χ0n) is 29.6. The van der Waals surface area contributed by atoms with Crippen LogP contribution in [0.5, 0.6) is 0 Å². The molecular weight excluding hydrogens is 657 g/mol. The summed E-state index contributed by atoms with van der Waals surface area (Å²) in [5, 5.41) is 5.64. The summed E-state index contributed by atoms with van der Waals surface area (Å²) >= 11 is 0. The van der Waals surface area contributed by atoms with Gasteiger partial charge in [-0.1, -0.05) is 164 Å². The molecule has 1 N–H and O–H groups in total. The van der Waals surface area contributed by atoms with Gasteiger partial charge in [0.05, 0.1) is 0 Å². The molecule has 0 unspecified atom stereocenters. The largest absolute Gasteiger partial charge is 0.362 e. The topological polar surface area (TPSA) is 50.7 Å². The third-order valence-electron chi connectivity index (χ3n) is 9.79. The number of hydrogen-bond acceptors (Lipinski definition) is 4. The Morgan fingerprint density at radius 2 is 1.04 bits per heavy atom. The molecule has 0 saturated heterocycles. The molecule has 1 aliphatic carbocycles. The molecular formula is C50H36N4. The highest BCUT2D eigenvalue weighted by molar-refractivity contribution is 5.92. The van der Waals surface area contributed by atoms with Crippen molar-refractivity contribution < 1.29 is 0 Å². The Morgan fingerprint density at radius 1 is 0.444 bits per heavy atom. The molecule has 1 heterocycles. The lowest BCUT2D eigenvalue weighted by Gasteiger charge is -2.14. The Kier molecular flexibility index (Phi) is 8.98.